The lowest BCUT2D eigenvalue weighted by molar-refractivity contribution is -0.132. The van der Waals surface area contributed by atoms with E-state index >= 15 is 0 Å². The molecule has 2 N–H and O–H groups in total. The third-order valence-electron chi connectivity index (χ3n) is 5.58. The standard InChI is InChI=1S/C23H32N2O4/c1-5-18(21(26)27)14-17(3)24-22(28)29-20-11-9-10-19(15-20)23(6-2)12-7-8-13-25(4)16-23/h5,9-11,14-15H,6-8,12-13,16H2,1-4H3,(H,24,28)(H,26,27)/b17-14+,18-5+. The van der Waals surface area contributed by atoms with Crippen molar-refractivity contribution in [1.82, 2.24) is 10.2 Å². The molecule has 158 valence electrons. The topological polar surface area (TPSA) is 78.9 Å². The molecule has 1 aliphatic heterocycles. The molecule has 29 heavy (non-hydrogen) atoms. The SMILES string of the molecule is C/C=C(\C=C(/C)NC(=O)Oc1cccc(C2(CC)CCCCN(C)C2)c1)C(=O)O. The number of aliphatic carboxylic acids is 1. The number of ether oxygens (including phenoxy) is 1. The van der Waals surface area contributed by atoms with Gasteiger partial charge >= 0.3 is 12.1 Å². The van der Waals surface area contributed by atoms with Crippen molar-refractivity contribution in [2.24, 2.45) is 0 Å². The Bertz CT molecular complexity index is 800. The highest BCUT2D eigenvalue weighted by molar-refractivity contribution is 5.90. The second-order valence-corrected chi connectivity index (χ2v) is 7.75. The molecule has 1 aliphatic rings. The molecule has 0 bridgehead atoms. The van der Waals surface area contributed by atoms with Crippen LogP contribution in [0.3, 0.4) is 0 Å². The summed E-state index contributed by atoms with van der Waals surface area (Å²) in [6.45, 7) is 7.57. The average Bonchev–Trinajstić information content (AvgIpc) is 2.88. The van der Waals surface area contributed by atoms with E-state index in [2.05, 4.69) is 30.3 Å². The largest absolute Gasteiger partial charge is 0.478 e. The summed E-state index contributed by atoms with van der Waals surface area (Å²) >= 11 is 0. The molecule has 6 heteroatoms. The predicted molar refractivity (Wildman–Crippen MR) is 114 cm³/mol. The molecule has 0 aliphatic carbocycles. The first-order chi connectivity index (χ1) is 13.8. The summed E-state index contributed by atoms with van der Waals surface area (Å²) in [4.78, 5) is 25.7. The molecular weight excluding hydrogens is 368 g/mol. The molecule has 6 nitrogen and oxygen atoms in total. The molecule has 2 rings (SSSR count). The number of benzene rings is 1. The van der Waals surface area contributed by atoms with Gasteiger partial charge in [-0.05, 0) is 70.5 Å². The Morgan fingerprint density at radius 1 is 1.34 bits per heavy atom. The van der Waals surface area contributed by atoms with Crippen molar-refractivity contribution in [3.63, 3.8) is 0 Å². The predicted octanol–water partition coefficient (Wildman–Crippen LogP) is 4.47. The number of likely N-dealkylation sites (N-methyl/N-ethyl adjacent to an activating group) is 1. The normalized spacial score (nSPS) is 21.4. The molecule has 1 aromatic carbocycles. The molecule has 1 heterocycles. The quantitative estimate of drug-likeness (QED) is 0.544. The van der Waals surface area contributed by atoms with Crippen LogP contribution in [0.2, 0.25) is 0 Å². The number of carbonyl (C=O) groups excluding carboxylic acids is 1. The first-order valence-corrected chi connectivity index (χ1v) is 10.2. The first kappa shape index (κ1) is 22.7. The van der Waals surface area contributed by atoms with Crippen LogP contribution >= 0.6 is 0 Å². The lowest BCUT2D eigenvalue weighted by Gasteiger charge is -2.35. The summed E-state index contributed by atoms with van der Waals surface area (Å²) in [7, 11) is 2.16. The minimum Gasteiger partial charge on any atom is -0.478 e. The third kappa shape index (κ3) is 6.19. The minimum atomic E-state index is -1.05. The monoisotopic (exact) mass is 400 g/mol. The Hall–Kier alpha value is -2.60. The molecule has 1 unspecified atom stereocenters. The van der Waals surface area contributed by atoms with Gasteiger partial charge in [0.2, 0.25) is 0 Å². The third-order valence-corrected chi connectivity index (χ3v) is 5.58. The molecule has 1 aromatic rings. The molecule has 0 radical (unpaired) electrons. The minimum absolute atomic E-state index is 0.0548. The fourth-order valence-electron chi connectivity index (χ4n) is 3.97. The van der Waals surface area contributed by atoms with Gasteiger partial charge in [0.1, 0.15) is 5.75 Å². The number of hydrogen-bond acceptors (Lipinski definition) is 4. The van der Waals surface area contributed by atoms with Crippen LogP contribution in [0.25, 0.3) is 0 Å². The number of carbonyl (C=O) groups is 2. The molecule has 1 fully saturated rings. The summed E-state index contributed by atoms with van der Waals surface area (Å²) in [5, 5.41) is 11.6. The molecule has 0 spiro atoms. The summed E-state index contributed by atoms with van der Waals surface area (Å²) < 4.78 is 5.47. The van der Waals surface area contributed by atoms with E-state index in [1.54, 1.807) is 19.9 Å². The van der Waals surface area contributed by atoms with Gasteiger partial charge in [0.25, 0.3) is 0 Å². The van der Waals surface area contributed by atoms with Crippen molar-refractivity contribution >= 4 is 12.1 Å². The van der Waals surface area contributed by atoms with Crippen molar-refractivity contribution in [2.75, 3.05) is 20.1 Å². The van der Waals surface area contributed by atoms with Crippen LogP contribution in [-0.4, -0.2) is 42.2 Å². The van der Waals surface area contributed by atoms with Crippen molar-refractivity contribution in [3.05, 3.63) is 53.3 Å². The van der Waals surface area contributed by atoms with Crippen LogP contribution in [0.4, 0.5) is 4.79 Å². The lowest BCUT2D eigenvalue weighted by atomic mass is 9.74. The highest BCUT2D eigenvalue weighted by atomic mass is 16.6. The molecule has 0 aromatic heterocycles. The number of carboxylic acids is 1. The van der Waals surface area contributed by atoms with Gasteiger partial charge in [-0.3, -0.25) is 5.32 Å². The first-order valence-electron chi connectivity index (χ1n) is 10.2. The van der Waals surface area contributed by atoms with Gasteiger partial charge in [0, 0.05) is 17.7 Å². The fourth-order valence-corrected chi connectivity index (χ4v) is 3.97. The zero-order valence-electron chi connectivity index (χ0n) is 17.8. The fraction of sp³-hybridized carbons (Fsp3) is 0.478. The highest BCUT2D eigenvalue weighted by Gasteiger charge is 2.33. The number of carboxylic acid groups (broad SMARTS) is 1. The maximum absolute atomic E-state index is 12.3. The molecule has 0 saturated carbocycles. The maximum atomic E-state index is 12.3. The zero-order valence-corrected chi connectivity index (χ0v) is 17.8. The molecular formula is C23H32N2O4. The van der Waals surface area contributed by atoms with E-state index in [-0.39, 0.29) is 11.0 Å². The number of nitrogens with zero attached hydrogens (tertiary/aromatic N) is 1. The van der Waals surface area contributed by atoms with E-state index in [4.69, 9.17) is 9.84 Å². The van der Waals surface area contributed by atoms with Gasteiger partial charge < -0.3 is 14.7 Å². The maximum Gasteiger partial charge on any atom is 0.416 e. The molecule has 1 amide bonds. The number of amides is 1. The van der Waals surface area contributed by atoms with Crippen LogP contribution in [0.1, 0.15) is 52.0 Å². The number of allylic oxidation sites excluding steroid dienone is 2. The second kappa shape index (κ2) is 10.3. The molecule has 1 atom stereocenters. The Morgan fingerprint density at radius 3 is 2.76 bits per heavy atom. The Morgan fingerprint density at radius 2 is 2.10 bits per heavy atom. The van der Waals surface area contributed by atoms with Gasteiger partial charge in [-0.2, -0.15) is 0 Å². The number of likely N-dealkylation sites (tertiary alicyclic amines) is 1. The van der Waals surface area contributed by atoms with E-state index in [1.165, 1.54) is 30.6 Å². The summed E-state index contributed by atoms with van der Waals surface area (Å²) in [6.07, 6.45) is 6.75. The van der Waals surface area contributed by atoms with E-state index in [0.717, 1.165) is 25.9 Å². The van der Waals surface area contributed by atoms with Gasteiger partial charge in [-0.25, -0.2) is 9.59 Å². The van der Waals surface area contributed by atoms with Crippen LogP contribution in [0.15, 0.2) is 47.7 Å². The number of rotatable bonds is 6. The Labute approximate surface area is 173 Å². The van der Waals surface area contributed by atoms with Crippen LogP contribution in [0, 0.1) is 0 Å². The van der Waals surface area contributed by atoms with E-state index in [9.17, 15) is 9.59 Å². The van der Waals surface area contributed by atoms with Crippen molar-refractivity contribution < 1.29 is 19.4 Å². The van der Waals surface area contributed by atoms with Crippen LogP contribution in [-0.2, 0) is 10.2 Å². The Balaban J connectivity index is 2.14. The van der Waals surface area contributed by atoms with Crippen molar-refractivity contribution in [2.45, 2.75) is 51.9 Å². The smallest absolute Gasteiger partial charge is 0.416 e. The van der Waals surface area contributed by atoms with Gasteiger partial charge in [-0.15, -0.1) is 0 Å². The summed E-state index contributed by atoms with van der Waals surface area (Å²) in [6, 6.07) is 7.76. The summed E-state index contributed by atoms with van der Waals surface area (Å²) in [5.74, 6) is -0.565. The van der Waals surface area contributed by atoms with Crippen LogP contribution < -0.4 is 10.1 Å². The number of nitrogens with one attached hydrogen (secondary N) is 1. The zero-order chi connectivity index (χ0) is 21.4. The number of hydrogen-bond donors (Lipinski definition) is 2. The van der Waals surface area contributed by atoms with Crippen molar-refractivity contribution in [3.8, 4) is 5.75 Å². The van der Waals surface area contributed by atoms with Crippen molar-refractivity contribution in [1.29, 1.82) is 0 Å². The van der Waals surface area contributed by atoms with Gasteiger partial charge in [-0.1, -0.05) is 31.6 Å². The van der Waals surface area contributed by atoms with Gasteiger partial charge in [0.15, 0.2) is 0 Å². The van der Waals surface area contributed by atoms with E-state index in [0.29, 0.717) is 11.4 Å². The average molecular weight is 401 g/mol. The lowest BCUT2D eigenvalue weighted by Crippen LogP contribution is -2.37. The van der Waals surface area contributed by atoms with Crippen LogP contribution in [0.5, 0.6) is 5.75 Å². The summed E-state index contributed by atoms with van der Waals surface area (Å²) in [5.41, 5.74) is 1.75. The second-order valence-electron chi connectivity index (χ2n) is 7.75. The van der Waals surface area contributed by atoms with Gasteiger partial charge in [0.05, 0.1) is 5.57 Å². The Kier molecular flexibility index (Phi) is 8.02. The highest BCUT2D eigenvalue weighted by Crippen LogP contribution is 2.37. The molecule has 1 saturated heterocycles. The van der Waals surface area contributed by atoms with E-state index in [1.807, 2.05) is 12.1 Å². The van der Waals surface area contributed by atoms with E-state index < -0.39 is 12.1 Å².